The topological polar surface area (TPSA) is 120 Å². The average molecular weight is 450 g/mol. The summed E-state index contributed by atoms with van der Waals surface area (Å²) < 4.78 is 11.9. The summed E-state index contributed by atoms with van der Waals surface area (Å²) in [5.41, 5.74) is 1.26. The lowest BCUT2D eigenvalue weighted by atomic mass is 10.1. The van der Waals surface area contributed by atoms with E-state index >= 15 is 0 Å². The normalized spacial score (nSPS) is 12.8. The van der Waals surface area contributed by atoms with E-state index in [0.717, 1.165) is 4.90 Å². The van der Waals surface area contributed by atoms with E-state index in [1.807, 2.05) is 0 Å². The van der Waals surface area contributed by atoms with E-state index in [1.165, 1.54) is 44.3 Å². The first-order valence-corrected chi connectivity index (χ1v) is 10.2. The molecule has 0 bridgehead atoms. The molecule has 0 spiro atoms. The van der Waals surface area contributed by atoms with Crippen LogP contribution in [0.25, 0.3) is 10.9 Å². The molecule has 0 atom stereocenters. The average Bonchev–Trinajstić information content (AvgIpc) is 3.03. The Kier molecular flexibility index (Phi) is 5.82. The van der Waals surface area contributed by atoms with Gasteiger partial charge in [0.25, 0.3) is 17.4 Å². The van der Waals surface area contributed by atoms with Crippen LogP contribution in [-0.4, -0.2) is 53.4 Å². The van der Waals surface area contributed by atoms with Crippen LogP contribution in [0.1, 0.15) is 33.6 Å². The van der Waals surface area contributed by atoms with E-state index in [1.54, 1.807) is 18.2 Å². The van der Waals surface area contributed by atoms with Gasteiger partial charge in [-0.1, -0.05) is 0 Å². The lowest BCUT2D eigenvalue weighted by molar-refractivity contribution is -0.116. The van der Waals surface area contributed by atoms with Gasteiger partial charge in [0.15, 0.2) is 11.5 Å². The molecule has 0 unspecified atom stereocenters. The van der Waals surface area contributed by atoms with Crippen LogP contribution >= 0.6 is 0 Å². The van der Waals surface area contributed by atoms with Crippen LogP contribution in [0.3, 0.4) is 0 Å². The molecule has 0 radical (unpaired) electrons. The van der Waals surface area contributed by atoms with Crippen LogP contribution < -0.4 is 20.3 Å². The largest absolute Gasteiger partial charge is 0.493 e. The van der Waals surface area contributed by atoms with Crippen LogP contribution in [0.15, 0.2) is 41.5 Å². The summed E-state index contributed by atoms with van der Waals surface area (Å²) in [5.74, 6) is -0.118. The van der Waals surface area contributed by atoms with E-state index < -0.39 is 5.91 Å². The maximum absolute atomic E-state index is 12.8. The molecule has 0 fully saturated rings. The molecule has 3 amide bonds. The summed E-state index contributed by atoms with van der Waals surface area (Å²) in [4.78, 5) is 54.6. The number of anilines is 1. The predicted octanol–water partition coefficient (Wildman–Crippen LogP) is 2.06. The monoisotopic (exact) mass is 450 g/mol. The van der Waals surface area contributed by atoms with Crippen LogP contribution in [-0.2, 0) is 11.3 Å². The van der Waals surface area contributed by atoms with Crippen LogP contribution in [0.2, 0.25) is 0 Å². The number of carbonyl (C=O) groups is 3. The lowest BCUT2D eigenvalue weighted by Gasteiger charge is -2.11. The van der Waals surface area contributed by atoms with Gasteiger partial charge in [-0.3, -0.25) is 28.6 Å². The number of hydrogen-bond donors (Lipinski definition) is 1. The zero-order chi connectivity index (χ0) is 23.7. The van der Waals surface area contributed by atoms with Crippen molar-refractivity contribution in [1.82, 2.24) is 14.5 Å². The smallest absolute Gasteiger partial charge is 0.261 e. The minimum atomic E-state index is -0.400. The maximum atomic E-state index is 12.8. The number of amides is 3. The van der Waals surface area contributed by atoms with Gasteiger partial charge in [0.1, 0.15) is 0 Å². The lowest BCUT2D eigenvalue weighted by Crippen LogP contribution is -2.24. The number of carbonyl (C=O) groups excluding carboxylic acids is 3. The van der Waals surface area contributed by atoms with Gasteiger partial charge in [0.2, 0.25) is 5.91 Å². The minimum Gasteiger partial charge on any atom is -0.493 e. The van der Waals surface area contributed by atoms with Crippen molar-refractivity contribution in [3.8, 4) is 11.5 Å². The number of fused-ring (bicyclic) bond motifs is 2. The molecule has 2 aromatic carbocycles. The van der Waals surface area contributed by atoms with Gasteiger partial charge in [-0.25, -0.2) is 4.98 Å². The van der Waals surface area contributed by atoms with Crippen molar-refractivity contribution >= 4 is 34.3 Å². The Morgan fingerprint density at radius 2 is 1.70 bits per heavy atom. The second-order valence-electron chi connectivity index (χ2n) is 7.55. The third-order valence-corrected chi connectivity index (χ3v) is 5.51. The fourth-order valence-corrected chi connectivity index (χ4v) is 3.72. The van der Waals surface area contributed by atoms with Crippen LogP contribution in [0, 0.1) is 0 Å². The van der Waals surface area contributed by atoms with Gasteiger partial charge in [0, 0.05) is 31.8 Å². The number of rotatable bonds is 7. The van der Waals surface area contributed by atoms with E-state index in [9.17, 15) is 19.2 Å². The van der Waals surface area contributed by atoms with Crippen LogP contribution in [0.5, 0.6) is 11.5 Å². The fourth-order valence-electron chi connectivity index (χ4n) is 3.72. The number of hydrogen-bond acceptors (Lipinski definition) is 7. The molecule has 0 saturated carbocycles. The van der Waals surface area contributed by atoms with Gasteiger partial charge in [0.05, 0.1) is 42.6 Å². The van der Waals surface area contributed by atoms with Gasteiger partial charge in [-0.2, -0.15) is 0 Å². The molecule has 170 valence electrons. The third kappa shape index (κ3) is 4.02. The summed E-state index contributed by atoms with van der Waals surface area (Å²) in [7, 11) is 4.41. The summed E-state index contributed by atoms with van der Waals surface area (Å²) in [6.07, 6.45) is 1.99. The molecule has 10 heteroatoms. The van der Waals surface area contributed by atoms with Crippen molar-refractivity contribution in [3.05, 3.63) is 58.1 Å². The second kappa shape index (κ2) is 8.73. The number of aryl methyl sites for hydroxylation is 1. The van der Waals surface area contributed by atoms with Crippen molar-refractivity contribution in [1.29, 1.82) is 0 Å². The molecule has 1 aliphatic heterocycles. The Balaban J connectivity index is 1.41. The van der Waals surface area contributed by atoms with Crippen LogP contribution in [0.4, 0.5) is 5.69 Å². The Morgan fingerprint density at radius 1 is 1.00 bits per heavy atom. The minimum absolute atomic E-state index is 0.153. The number of benzene rings is 2. The molecule has 3 aromatic rings. The fraction of sp³-hybridized carbons (Fsp3) is 0.261. The first-order chi connectivity index (χ1) is 15.8. The number of imide groups is 1. The Morgan fingerprint density at radius 3 is 2.42 bits per heavy atom. The molecule has 2 heterocycles. The highest BCUT2D eigenvalue weighted by Crippen LogP contribution is 2.30. The molecule has 1 aromatic heterocycles. The third-order valence-electron chi connectivity index (χ3n) is 5.51. The first kappa shape index (κ1) is 22.0. The Bertz CT molecular complexity index is 1350. The second-order valence-corrected chi connectivity index (χ2v) is 7.55. The first-order valence-electron chi connectivity index (χ1n) is 10.2. The van der Waals surface area contributed by atoms with E-state index in [4.69, 9.17) is 9.47 Å². The van der Waals surface area contributed by atoms with Crippen molar-refractivity contribution in [2.24, 2.45) is 0 Å². The number of methoxy groups -OCH3 is 2. The highest BCUT2D eigenvalue weighted by Gasteiger charge is 2.32. The van der Waals surface area contributed by atoms with E-state index in [-0.39, 0.29) is 29.4 Å². The molecule has 10 nitrogen and oxygen atoms in total. The van der Waals surface area contributed by atoms with E-state index in [2.05, 4.69) is 10.3 Å². The summed E-state index contributed by atoms with van der Waals surface area (Å²) in [6, 6.07) is 7.83. The number of nitrogens with one attached hydrogen (secondary N) is 1. The van der Waals surface area contributed by atoms with Gasteiger partial charge in [-0.05, 0) is 30.7 Å². The number of nitrogens with zero attached hydrogens (tertiary/aromatic N) is 3. The Labute approximate surface area is 188 Å². The van der Waals surface area contributed by atoms with Crippen molar-refractivity contribution < 1.29 is 23.9 Å². The highest BCUT2D eigenvalue weighted by atomic mass is 16.5. The standard InChI is InChI=1S/C23H22N4O6/c1-26-21(29)14-7-6-13(9-15(14)22(26)30)25-20(28)5-4-8-27-12-24-17-11-19(33-3)18(32-2)10-16(17)23(27)31/h6-7,9-12H,4-5,8H2,1-3H3,(H,25,28). The van der Waals surface area contributed by atoms with Crippen molar-refractivity contribution in [2.45, 2.75) is 19.4 Å². The molecule has 4 rings (SSSR count). The van der Waals surface area contributed by atoms with Gasteiger partial charge in [-0.15, -0.1) is 0 Å². The zero-order valence-corrected chi connectivity index (χ0v) is 18.4. The molecular formula is C23H22N4O6. The van der Waals surface area contributed by atoms with Gasteiger partial charge < -0.3 is 14.8 Å². The summed E-state index contributed by atoms with van der Waals surface area (Å²) in [6.45, 7) is 0.297. The maximum Gasteiger partial charge on any atom is 0.261 e. The summed E-state index contributed by atoms with van der Waals surface area (Å²) >= 11 is 0. The highest BCUT2D eigenvalue weighted by molar-refractivity contribution is 6.21. The predicted molar refractivity (Wildman–Crippen MR) is 120 cm³/mol. The number of ether oxygens (including phenoxy) is 2. The molecule has 0 saturated heterocycles. The summed E-state index contributed by atoms with van der Waals surface area (Å²) in [5, 5.41) is 3.12. The van der Waals surface area contributed by atoms with E-state index in [0.29, 0.717) is 46.6 Å². The quantitative estimate of drug-likeness (QED) is 0.547. The Hall–Kier alpha value is -4.21. The molecule has 0 aliphatic carbocycles. The molecular weight excluding hydrogens is 428 g/mol. The SMILES string of the molecule is COc1cc2ncn(CCCC(=O)Nc3ccc4c(c3)C(=O)N(C)C4=O)c(=O)c2cc1OC. The van der Waals surface area contributed by atoms with Gasteiger partial charge >= 0.3 is 0 Å². The molecule has 33 heavy (non-hydrogen) atoms. The molecule has 1 N–H and O–H groups in total. The zero-order valence-electron chi connectivity index (χ0n) is 18.4. The number of aromatic nitrogens is 2. The van der Waals surface area contributed by atoms with Crippen molar-refractivity contribution in [3.63, 3.8) is 0 Å². The molecule has 1 aliphatic rings. The van der Waals surface area contributed by atoms with Crippen molar-refractivity contribution in [2.75, 3.05) is 26.6 Å².